The van der Waals surface area contributed by atoms with Gasteiger partial charge in [0.05, 0.1) is 39.6 Å². The number of rotatable bonds is 18. The highest BCUT2D eigenvalue weighted by molar-refractivity contribution is 7.44. The summed E-state index contributed by atoms with van der Waals surface area (Å²) >= 11 is 0. The van der Waals surface area contributed by atoms with Gasteiger partial charge < -0.3 is 33.3 Å². The van der Waals surface area contributed by atoms with Crippen LogP contribution >= 0.6 is 8.53 Å². The average molecular weight is 896 g/mol. The van der Waals surface area contributed by atoms with E-state index in [9.17, 15) is 10.1 Å². The van der Waals surface area contributed by atoms with Crippen molar-refractivity contribution in [2.24, 2.45) is 5.92 Å². The van der Waals surface area contributed by atoms with Crippen molar-refractivity contribution in [2.45, 2.75) is 94.6 Å². The molecule has 2 aliphatic carbocycles. The largest absolute Gasteiger partial charge is 0.497 e. The summed E-state index contributed by atoms with van der Waals surface area (Å²) in [5, 5.41) is 12.5. The van der Waals surface area contributed by atoms with Crippen LogP contribution in [0.25, 0.3) is 11.2 Å². The van der Waals surface area contributed by atoms with Crippen LogP contribution in [-0.2, 0) is 24.1 Å². The van der Waals surface area contributed by atoms with Gasteiger partial charge in [-0.3, -0.25) is 9.36 Å². The smallest absolute Gasteiger partial charge is 0.259 e. The Morgan fingerprint density at radius 1 is 0.862 bits per heavy atom. The quantitative estimate of drug-likeness (QED) is 0.0496. The molecule has 1 unspecified atom stereocenters. The first-order chi connectivity index (χ1) is 31.6. The van der Waals surface area contributed by atoms with Crippen LogP contribution in [0.2, 0.25) is 0 Å². The van der Waals surface area contributed by atoms with Crippen molar-refractivity contribution in [3.05, 3.63) is 144 Å². The monoisotopic (exact) mass is 895 g/mol. The van der Waals surface area contributed by atoms with Crippen molar-refractivity contribution in [3.63, 3.8) is 0 Å². The second-order valence-corrected chi connectivity index (χ2v) is 18.8. The van der Waals surface area contributed by atoms with E-state index in [4.69, 9.17) is 33.0 Å². The van der Waals surface area contributed by atoms with Crippen LogP contribution in [0.4, 0.5) is 5.82 Å². The Labute approximate surface area is 380 Å². The molecule has 0 radical (unpaired) electrons. The van der Waals surface area contributed by atoms with Crippen LogP contribution < -0.4 is 14.8 Å². The predicted octanol–water partition coefficient (Wildman–Crippen LogP) is 9.59. The molecule has 0 bridgehead atoms. The number of anilines is 1. The van der Waals surface area contributed by atoms with Crippen LogP contribution in [0.5, 0.6) is 11.5 Å². The van der Waals surface area contributed by atoms with Gasteiger partial charge in [0.15, 0.2) is 17.0 Å². The van der Waals surface area contributed by atoms with Gasteiger partial charge in [0.1, 0.15) is 47.0 Å². The molecule has 3 aliphatic rings. The van der Waals surface area contributed by atoms with Crippen molar-refractivity contribution in [2.75, 3.05) is 26.1 Å². The molecule has 65 heavy (non-hydrogen) atoms. The number of carbonyl (C=O) groups is 1. The molecule has 6 aromatic rings. The summed E-state index contributed by atoms with van der Waals surface area (Å²) in [5.74, 6) is 1.51. The molecule has 336 valence electrons. The van der Waals surface area contributed by atoms with Gasteiger partial charge in [-0.25, -0.2) is 19.6 Å². The van der Waals surface area contributed by atoms with E-state index in [2.05, 4.69) is 90.1 Å². The number of ether oxygens (including phenoxy) is 4. The van der Waals surface area contributed by atoms with Crippen molar-refractivity contribution < 1.29 is 32.8 Å². The third-order valence-corrected chi connectivity index (χ3v) is 15.0. The van der Waals surface area contributed by atoms with E-state index in [1.165, 1.54) is 6.33 Å². The lowest BCUT2D eigenvalue weighted by molar-refractivity contribution is -0.161. The van der Waals surface area contributed by atoms with E-state index in [0.717, 1.165) is 34.6 Å². The molecule has 1 aliphatic heterocycles. The molecule has 0 spiro atoms. The van der Waals surface area contributed by atoms with E-state index in [-0.39, 0.29) is 36.9 Å². The van der Waals surface area contributed by atoms with Gasteiger partial charge in [-0.2, -0.15) is 5.26 Å². The maximum Gasteiger partial charge on any atom is 0.259 e. The molecule has 3 fully saturated rings. The maximum atomic E-state index is 13.3. The highest BCUT2D eigenvalue weighted by atomic mass is 31.2. The summed E-state index contributed by atoms with van der Waals surface area (Å²) in [6, 6.07) is 37.8. The van der Waals surface area contributed by atoms with E-state index in [1.54, 1.807) is 32.7 Å². The van der Waals surface area contributed by atoms with Crippen molar-refractivity contribution in [1.29, 1.82) is 5.26 Å². The minimum Gasteiger partial charge on any atom is -0.497 e. The van der Waals surface area contributed by atoms with Crippen molar-refractivity contribution >= 4 is 31.4 Å². The predicted molar refractivity (Wildman–Crippen MR) is 246 cm³/mol. The van der Waals surface area contributed by atoms with Crippen molar-refractivity contribution in [1.82, 2.24) is 24.2 Å². The number of carbonyl (C=O) groups excluding carboxylic acids is 1. The Morgan fingerprint density at radius 3 is 2.08 bits per heavy atom. The standard InChI is InChI=1S/C50H54N7O7P/c1-33(2)57(34(3)4)65(61-27-13-26-51)64-48-28-39-29-49(39,47(48)62-42(30-48)56-32-54-43-44(52-31-53-45(43)56)55-46(58)35-14-9-7-10-15-35)63-50(36-16-11-8-12-17-36,37-18-22-40(59-5)23-19-37)38-20-24-41(60-6)25-21-38/h7-12,14-25,31-34,39,42,47H,13,27-30H2,1-6H3,(H,52,53,55,58)/t39-,42-,47+,48+,49-,65?/m1/s1. The number of nitrogens with one attached hydrogen (secondary N) is 1. The number of methoxy groups -OCH3 is 2. The van der Waals surface area contributed by atoms with Crippen LogP contribution in [0.15, 0.2) is 122 Å². The third-order valence-electron chi connectivity index (χ3n) is 12.8. The highest BCUT2D eigenvalue weighted by Crippen LogP contribution is 2.73. The SMILES string of the molecule is COc1ccc(C(O[C@]23C[C@H]2C[C@]2(OP(OCCC#N)N(C(C)C)C(C)C)C[C@H](n4cnc5c(NC(=O)c6ccccc6)ncnc54)O[C@@H]23)(c2ccccc2)c2ccc(OC)cc2)cc1. The number of aromatic nitrogens is 4. The summed E-state index contributed by atoms with van der Waals surface area (Å²) in [5.41, 5.74) is 1.34. The van der Waals surface area contributed by atoms with Gasteiger partial charge in [-0.1, -0.05) is 72.8 Å². The molecule has 4 aromatic carbocycles. The first kappa shape index (κ1) is 44.4. The van der Waals surface area contributed by atoms with Crippen LogP contribution in [0.3, 0.4) is 0 Å². The van der Waals surface area contributed by atoms with E-state index in [0.29, 0.717) is 35.4 Å². The van der Waals surface area contributed by atoms with E-state index < -0.39 is 37.7 Å². The maximum absolute atomic E-state index is 13.3. The molecule has 6 atom stereocenters. The zero-order chi connectivity index (χ0) is 45.3. The highest BCUT2D eigenvalue weighted by Gasteiger charge is 2.79. The van der Waals surface area contributed by atoms with Gasteiger partial charge in [-0.05, 0) is 99.5 Å². The Hall–Kier alpha value is -5.78. The second kappa shape index (κ2) is 18.2. The molecular weight excluding hydrogens is 842 g/mol. The lowest BCUT2D eigenvalue weighted by atomic mass is 9.79. The zero-order valence-corrected chi connectivity index (χ0v) is 38.4. The number of fused-ring (bicyclic) bond motifs is 4. The molecule has 1 amide bonds. The lowest BCUT2D eigenvalue weighted by Crippen LogP contribution is -2.49. The number of imidazole rings is 1. The molecular formula is C50H54N7O7P. The Balaban J connectivity index is 1.17. The molecule has 3 heterocycles. The van der Waals surface area contributed by atoms with Crippen LogP contribution in [0.1, 0.15) is 86.7 Å². The van der Waals surface area contributed by atoms with Crippen LogP contribution in [-0.4, -0.2) is 80.3 Å². The van der Waals surface area contributed by atoms with Crippen molar-refractivity contribution in [3.8, 4) is 17.6 Å². The van der Waals surface area contributed by atoms with E-state index >= 15 is 0 Å². The molecule has 15 heteroatoms. The first-order valence-corrected chi connectivity index (χ1v) is 23.2. The number of hydrogen-bond acceptors (Lipinski definition) is 12. The number of amides is 1. The van der Waals surface area contributed by atoms with Gasteiger partial charge in [-0.15, -0.1) is 0 Å². The average Bonchev–Trinajstić information content (AvgIpc) is 3.55. The van der Waals surface area contributed by atoms with Gasteiger partial charge in [0.25, 0.3) is 14.4 Å². The zero-order valence-electron chi connectivity index (χ0n) is 37.5. The third kappa shape index (κ3) is 8.15. The number of benzene rings is 4. The summed E-state index contributed by atoms with van der Waals surface area (Å²) in [7, 11) is 1.63. The number of nitriles is 1. The summed E-state index contributed by atoms with van der Waals surface area (Å²) in [4.78, 5) is 27.2. The van der Waals surface area contributed by atoms with Gasteiger partial charge >= 0.3 is 0 Å². The molecule has 1 saturated heterocycles. The fourth-order valence-electron chi connectivity index (χ4n) is 9.90. The molecule has 2 saturated carbocycles. The molecule has 1 N–H and O–H groups in total. The molecule has 9 rings (SSSR count). The lowest BCUT2D eigenvalue weighted by Gasteiger charge is -2.44. The normalized spacial score (nSPS) is 22.7. The molecule has 14 nitrogen and oxygen atoms in total. The second-order valence-electron chi connectivity index (χ2n) is 17.4. The Bertz CT molecular complexity index is 2590. The summed E-state index contributed by atoms with van der Waals surface area (Å²) in [6.07, 6.45) is 3.94. The summed E-state index contributed by atoms with van der Waals surface area (Å²) in [6.45, 7) is 8.76. The Kier molecular flexibility index (Phi) is 12.5. The van der Waals surface area contributed by atoms with Gasteiger partial charge in [0.2, 0.25) is 0 Å². The topological polar surface area (TPSA) is 155 Å². The Morgan fingerprint density at radius 2 is 1.48 bits per heavy atom. The molecule has 2 aromatic heterocycles. The van der Waals surface area contributed by atoms with E-state index in [1.807, 2.05) is 65.2 Å². The van der Waals surface area contributed by atoms with Crippen LogP contribution in [0, 0.1) is 17.2 Å². The number of nitrogens with zero attached hydrogens (tertiary/aromatic N) is 6. The first-order valence-electron chi connectivity index (χ1n) is 22.1. The summed E-state index contributed by atoms with van der Waals surface area (Å²) < 4.78 is 45.0. The van der Waals surface area contributed by atoms with Gasteiger partial charge in [0, 0.05) is 24.1 Å². The fraction of sp³-hybridized carbons (Fsp3) is 0.380. The fourth-order valence-corrected chi connectivity index (χ4v) is 11.7. The minimum atomic E-state index is -1.69. The number of hydrogen-bond donors (Lipinski definition) is 1. The minimum absolute atomic E-state index is 0.0669.